The molecule has 7 nitrogen and oxygen atoms in total. The van der Waals surface area contributed by atoms with Gasteiger partial charge in [0.1, 0.15) is 11.3 Å². The van der Waals surface area contributed by atoms with E-state index in [1.807, 2.05) is 17.7 Å². The molecular formula is C27H29FN6O. The Bertz CT molecular complexity index is 1520. The monoisotopic (exact) mass is 472 g/mol. The third-order valence-corrected chi connectivity index (χ3v) is 8.85. The Labute approximate surface area is 202 Å². The van der Waals surface area contributed by atoms with E-state index in [1.165, 1.54) is 6.07 Å². The molecule has 3 aromatic heterocycles. The van der Waals surface area contributed by atoms with Gasteiger partial charge in [-0.2, -0.15) is 0 Å². The van der Waals surface area contributed by atoms with Crippen LogP contribution in [0, 0.1) is 23.6 Å². The van der Waals surface area contributed by atoms with E-state index in [0.717, 1.165) is 54.6 Å². The number of ketones is 1. The molecule has 4 heterocycles. The van der Waals surface area contributed by atoms with Crippen LogP contribution < -0.4 is 11.1 Å². The van der Waals surface area contributed by atoms with Crippen molar-refractivity contribution in [2.24, 2.45) is 30.5 Å². The molecule has 7 rings (SSSR count). The van der Waals surface area contributed by atoms with E-state index >= 15 is 4.39 Å². The number of carbonyl (C=O) groups excluding carboxylic acids is 1. The number of anilines is 1. The molecule has 3 N–H and O–H groups in total. The van der Waals surface area contributed by atoms with E-state index in [2.05, 4.69) is 27.9 Å². The third kappa shape index (κ3) is 2.83. The van der Waals surface area contributed by atoms with Crippen LogP contribution in [0.4, 0.5) is 10.2 Å². The molecule has 0 amide bonds. The lowest BCUT2D eigenvalue weighted by atomic mass is 9.83. The fourth-order valence-electron chi connectivity index (χ4n) is 7.06. The Kier molecular flexibility index (Phi) is 4.43. The smallest absolute Gasteiger partial charge is 0.166 e. The highest BCUT2D eigenvalue weighted by atomic mass is 19.1. The second-order valence-corrected chi connectivity index (χ2v) is 10.5. The van der Waals surface area contributed by atoms with E-state index in [-0.39, 0.29) is 29.7 Å². The largest absolute Gasteiger partial charge is 0.366 e. The number of nitrogens with one attached hydrogen (secondary N) is 1. The average molecular weight is 473 g/mol. The molecule has 2 fully saturated rings. The predicted molar refractivity (Wildman–Crippen MR) is 134 cm³/mol. The molecule has 0 radical (unpaired) electrons. The SMILES string of the molecule is CCC1CNc2nccc3cc(-c4nc5cc(C(=O)C6C[C@H]7CC[C@@H]6[C@@H]7N)cc(F)c5n4C)n1c23. The van der Waals surface area contributed by atoms with Gasteiger partial charge in [-0.15, -0.1) is 0 Å². The number of Topliss-reactive ketones (excluding diaryl/α,β-unsaturated/α-hetero) is 1. The van der Waals surface area contributed by atoms with Gasteiger partial charge in [-0.05, 0) is 61.8 Å². The first-order chi connectivity index (χ1) is 17.0. The summed E-state index contributed by atoms with van der Waals surface area (Å²) in [6.07, 6.45) is 5.67. The average Bonchev–Trinajstić information content (AvgIpc) is 3.60. The minimum absolute atomic E-state index is 0.0111. The number of pyridine rings is 1. The van der Waals surface area contributed by atoms with Crippen LogP contribution in [0.25, 0.3) is 33.5 Å². The molecular weight excluding hydrogens is 443 g/mol. The van der Waals surface area contributed by atoms with Crippen molar-refractivity contribution in [3.63, 3.8) is 0 Å². The molecule has 5 atom stereocenters. The zero-order valence-electron chi connectivity index (χ0n) is 20.0. The number of halogens is 1. The molecule has 2 bridgehead atoms. The summed E-state index contributed by atoms with van der Waals surface area (Å²) < 4.78 is 19.6. The molecule has 180 valence electrons. The summed E-state index contributed by atoms with van der Waals surface area (Å²) in [6.45, 7) is 2.94. The molecule has 1 aliphatic heterocycles. The highest BCUT2D eigenvalue weighted by Crippen LogP contribution is 2.49. The zero-order chi connectivity index (χ0) is 24.0. The van der Waals surface area contributed by atoms with Gasteiger partial charge in [0, 0.05) is 42.7 Å². The zero-order valence-corrected chi connectivity index (χ0v) is 20.0. The van der Waals surface area contributed by atoms with Crippen LogP contribution in [0.1, 0.15) is 49.0 Å². The highest BCUT2D eigenvalue weighted by molar-refractivity contribution is 6.01. The normalized spacial score (nSPS) is 27.1. The van der Waals surface area contributed by atoms with Gasteiger partial charge in [-0.3, -0.25) is 4.79 Å². The topological polar surface area (TPSA) is 90.8 Å². The molecule has 2 unspecified atom stereocenters. The first kappa shape index (κ1) is 21.1. The van der Waals surface area contributed by atoms with E-state index < -0.39 is 5.82 Å². The molecule has 2 aliphatic carbocycles. The number of fused-ring (bicyclic) bond motifs is 3. The lowest BCUT2D eigenvalue weighted by molar-refractivity contribution is 0.0872. The maximum atomic E-state index is 15.5. The summed E-state index contributed by atoms with van der Waals surface area (Å²) in [7, 11) is 1.84. The Hall–Kier alpha value is -3.26. The van der Waals surface area contributed by atoms with Gasteiger partial charge in [0.25, 0.3) is 0 Å². The van der Waals surface area contributed by atoms with Crippen molar-refractivity contribution in [3.05, 3.63) is 41.8 Å². The highest BCUT2D eigenvalue weighted by Gasteiger charge is 2.49. The molecule has 35 heavy (non-hydrogen) atoms. The number of imidazole rings is 1. The third-order valence-electron chi connectivity index (χ3n) is 8.85. The van der Waals surface area contributed by atoms with Gasteiger partial charge in [-0.25, -0.2) is 14.4 Å². The number of carbonyl (C=O) groups is 1. The van der Waals surface area contributed by atoms with E-state index in [0.29, 0.717) is 28.3 Å². The number of hydrogen-bond acceptors (Lipinski definition) is 5. The molecule has 2 saturated carbocycles. The lowest BCUT2D eigenvalue weighted by Gasteiger charge is -2.27. The van der Waals surface area contributed by atoms with Crippen LogP contribution in [-0.4, -0.2) is 37.5 Å². The minimum atomic E-state index is -0.412. The van der Waals surface area contributed by atoms with E-state index in [4.69, 9.17) is 10.7 Å². The molecule has 3 aliphatic rings. The van der Waals surface area contributed by atoms with Crippen molar-refractivity contribution in [2.75, 3.05) is 11.9 Å². The summed E-state index contributed by atoms with van der Waals surface area (Å²) in [5, 5.41) is 4.51. The van der Waals surface area contributed by atoms with E-state index in [9.17, 15) is 4.79 Å². The summed E-state index contributed by atoms with van der Waals surface area (Å²) in [4.78, 5) is 22.8. The van der Waals surface area contributed by atoms with Gasteiger partial charge >= 0.3 is 0 Å². The number of nitrogens with zero attached hydrogens (tertiary/aromatic N) is 4. The summed E-state index contributed by atoms with van der Waals surface area (Å²) in [5.41, 5.74) is 9.67. The van der Waals surface area contributed by atoms with Crippen molar-refractivity contribution >= 4 is 33.5 Å². The lowest BCUT2D eigenvalue weighted by Crippen LogP contribution is -2.29. The van der Waals surface area contributed by atoms with Gasteiger partial charge in [0.2, 0.25) is 0 Å². The maximum absolute atomic E-state index is 15.5. The number of rotatable bonds is 4. The standard InChI is InChI=1S/C27H29FN6O/c1-3-16-12-31-26-23-14(6-7-30-26)11-21(34(16)23)27-32-20-10-15(9-19(28)24(20)33(27)2)25(35)18-8-13-4-5-17(18)22(13)29/h6-7,9-11,13,16-18,22H,3-5,8,12,29H2,1-2H3,(H,30,31)/t13-,16?,17+,18?,22-/m1/s1. The van der Waals surface area contributed by atoms with Crippen LogP contribution in [0.15, 0.2) is 30.5 Å². The summed E-state index contributed by atoms with van der Waals surface area (Å²) >= 11 is 0. The Morgan fingerprint density at radius 3 is 2.86 bits per heavy atom. The van der Waals surface area contributed by atoms with Crippen molar-refractivity contribution in [1.29, 1.82) is 0 Å². The number of nitrogens with two attached hydrogens (primary N) is 1. The van der Waals surface area contributed by atoms with Crippen LogP contribution in [0.3, 0.4) is 0 Å². The van der Waals surface area contributed by atoms with Crippen LogP contribution >= 0.6 is 0 Å². The van der Waals surface area contributed by atoms with E-state index in [1.54, 1.807) is 12.3 Å². The molecule has 1 aromatic carbocycles. The predicted octanol–water partition coefficient (Wildman–Crippen LogP) is 4.66. The quantitative estimate of drug-likeness (QED) is 0.422. The summed E-state index contributed by atoms with van der Waals surface area (Å²) in [5.74, 6) is 1.68. The van der Waals surface area contributed by atoms with Gasteiger partial charge < -0.3 is 20.2 Å². The Morgan fingerprint density at radius 1 is 1.26 bits per heavy atom. The van der Waals surface area contributed by atoms with Crippen LogP contribution in [0.5, 0.6) is 0 Å². The van der Waals surface area contributed by atoms with Crippen LogP contribution in [0.2, 0.25) is 0 Å². The number of hydrogen-bond donors (Lipinski definition) is 2. The van der Waals surface area contributed by atoms with Crippen molar-refractivity contribution < 1.29 is 9.18 Å². The van der Waals surface area contributed by atoms with Gasteiger partial charge in [0.15, 0.2) is 17.4 Å². The number of benzene rings is 1. The number of aromatic nitrogens is 4. The summed E-state index contributed by atoms with van der Waals surface area (Å²) in [6, 6.07) is 7.61. The van der Waals surface area contributed by atoms with Crippen molar-refractivity contribution in [2.45, 2.75) is 44.7 Å². The molecule has 4 aromatic rings. The Morgan fingerprint density at radius 2 is 2.11 bits per heavy atom. The maximum Gasteiger partial charge on any atom is 0.166 e. The molecule has 8 heteroatoms. The van der Waals surface area contributed by atoms with Gasteiger partial charge in [-0.1, -0.05) is 6.92 Å². The molecule has 0 saturated heterocycles. The van der Waals surface area contributed by atoms with Gasteiger partial charge in [0.05, 0.1) is 22.8 Å². The number of aryl methyl sites for hydroxylation is 1. The Balaban J connectivity index is 1.36. The van der Waals surface area contributed by atoms with Crippen LogP contribution in [-0.2, 0) is 7.05 Å². The second-order valence-electron chi connectivity index (χ2n) is 10.5. The minimum Gasteiger partial charge on any atom is -0.366 e. The fourth-order valence-corrected chi connectivity index (χ4v) is 7.06. The van der Waals surface area contributed by atoms with Crippen molar-refractivity contribution in [3.8, 4) is 11.5 Å². The first-order valence-electron chi connectivity index (χ1n) is 12.7. The van der Waals surface area contributed by atoms with Crippen molar-refractivity contribution in [1.82, 2.24) is 19.1 Å². The first-order valence-corrected chi connectivity index (χ1v) is 12.7. The molecule has 0 spiro atoms. The fraction of sp³-hybridized carbons (Fsp3) is 0.444. The second kappa shape index (κ2) is 7.37.